The van der Waals surface area contributed by atoms with Crippen LogP contribution in [-0.4, -0.2) is 20.6 Å². The summed E-state index contributed by atoms with van der Waals surface area (Å²) in [6.45, 7) is 0. The lowest BCUT2D eigenvalue weighted by Gasteiger charge is -2.02. The van der Waals surface area contributed by atoms with Crippen LogP contribution in [0.2, 0.25) is 0 Å². The van der Waals surface area contributed by atoms with Gasteiger partial charge in [-0.25, -0.2) is 0 Å². The summed E-state index contributed by atoms with van der Waals surface area (Å²) >= 11 is 1.76. The molecule has 0 saturated heterocycles. The highest BCUT2D eigenvalue weighted by Gasteiger charge is 2.20. The third kappa shape index (κ3) is 2.20. The minimum atomic E-state index is 0.957. The molecule has 0 bridgehead atoms. The Morgan fingerprint density at radius 2 is 1.87 bits per heavy atom. The van der Waals surface area contributed by atoms with Crippen LogP contribution in [0.5, 0.6) is 0 Å². The van der Waals surface area contributed by atoms with Crippen molar-refractivity contribution in [2.75, 3.05) is 6.26 Å². The van der Waals surface area contributed by atoms with Gasteiger partial charge < -0.3 is 4.57 Å². The Labute approximate surface area is 139 Å². The minimum absolute atomic E-state index is 0.957. The molecule has 0 unspecified atom stereocenters. The molecule has 0 amide bonds. The second kappa shape index (κ2) is 5.36. The summed E-state index contributed by atoms with van der Waals surface area (Å²) in [4.78, 5) is 1.27. The molecule has 0 N–H and O–H groups in total. The molecule has 4 heteroatoms. The van der Waals surface area contributed by atoms with Gasteiger partial charge in [0.25, 0.3) is 0 Å². The van der Waals surface area contributed by atoms with Gasteiger partial charge in [-0.15, -0.1) is 11.8 Å². The van der Waals surface area contributed by atoms with E-state index in [2.05, 4.69) is 59.8 Å². The van der Waals surface area contributed by atoms with Gasteiger partial charge in [-0.05, 0) is 30.0 Å². The molecule has 0 fully saturated rings. The lowest BCUT2D eigenvalue weighted by molar-refractivity contribution is 0.791. The molecule has 1 radical (unpaired) electrons. The van der Waals surface area contributed by atoms with Crippen molar-refractivity contribution in [3.05, 3.63) is 60.1 Å². The van der Waals surface area contributed by atoms with E-state index in [1.54, 1.807) is 11.8 Å². The molecule has 3 nitrogen and oxygen atoms in total. The largest absolute Gasteiger partial charge is 0.347 e. The van der Waals surface area contributed by atoms with Crippen molar-refractivity contribution in [1.29, 1.82) is 0 Å². The Bertz CT molecular complexity index is 1010. The zero-order valence-corrected chi connectivity index (χ0v) is 14.1. The quantitative estimate of drug-likeness (QED) is 0.533. The third-order valence-electron chi connectivity index (χ3n) is 4.15. The molecule has 2 aromatic heterocycles. The molecule has 0 atom stereocenters. The second-order valence-corrected chi connectivity index (χ2v) is 6.45. The van der Waals surface area contributed by atoms with E-state index >= 15 is 0 Å². The van der Waals surface area contributed by atoms with Crippen LogP contribution < -0.4 is 0 Å². The van der Waals surface area contributed by atoms with Crippen LogP contribution in [0.1, 0.15) is 5.69 Å². The average molecular weight is 318 g/mol. The SMILES string of the molecule is CSc1ccc(-c2cn(C)c3c(C4=C=C=C[CH]4)nn(C)c23)cc1. The van der Waals surface area contributed by atoms with Gasteiger partial charge in [-0.2, -0.15) is 5.10 Å². The van der Waals surface area contributed by atoms with E-state index in [0.717, 1.165) is 22.3 Å². The van der Waals surface area contributed by atoms with E-state index in [-0.39, 0.29) is 0 Å². The van der Waals surface area contributed by atoms with Crippen molar-refractivity contribution in [3.63, 3.8) is 0 Å². The van der Waals surface area contributed by atoms with Gasteiger partial charge in [0.1, 0.15) is 5.69 Å². The summed E-state index contributed by atoms with van der Waals surface area (Å²) in [5, 5.41) is 4.71. The van der Waals surface area contributed by atoms with E-state index in [0.29, 0.717) is 0 Å². The van der Waals surface area contributed by atoms with Crippen LogP contribution >= 0.6 is 11.8 Å². The zero-order chi connectivity index (χ0) is 16.0. The normalized spacial score (nSPS) is 13.3. The first-order chi connectivity index (χ1) is 11.2. The standard InChI is InChI=1S/C19H16N3S/c1-21-12-16(13-8-10-15(23-3)11-9-13)18-19(21)17(20-22(18)2)14-6-4-5-7-14/h4,6,8-12H,1-3H3. The van der Waals surface area contributed by atoms with Crippen molar-refractivity contribution < 1.29 is 0 Å². The number of rotatable bonds is 3. The van der Waals surface area contributed by atoms with Gasteiger partial charge in [-0.1, -0.05) is 23.6 Å². The predicted octanol–water partition coefficient (Wildman–Crippen LogP) is 4.21. The van der Waals surface area contributed by atoms with Gasteiger partial charge in [0.05, 0.1) is 11.0 Å². The van der Waals surface area contributed by atoms with Crippen molar-refractivity contribution in [1.82, 2.24) is 14.3 Å². The highest BCUT2D eigenvalue weighted by molar-refractivity contribution is 7.98. The molecule has 23 heavy (non-hydrogen) atoms. The molecule has 0 saturated carbocycles. The number of thioether (sulfide) groups is 1. The Hall–Kier alpha value is -2.38. The predicted molar refractivity (Wildman–Crippen MR) is 96.2 cm³/mol. The minimum Gasteiger partial charge on any atom is -0.347 e. The Morgan fingerprint density at radius 3 is 2.52 bits per heavy atom. The summed E-state index contributed by atoms with van der Waals surface area (Å²) in [5.41, 5.74) is 12.8. The fourth-order valence-corrected chi connectivity index (χ4v) is 3.46. The monoisotopic (exact) mass is 318 g/mol. The topological polar surface area (TPSA) is 22.8 Å². The maximum Gasteiger partial charge on any atom is 0.122 e. The van der Waals surface area contributed by atoms with Crippen LogP contribution in [0.4, 0.5) is 0 Å². The summed E-state index contributed by atoms with van der Waals surface area (Å²) in [5.74, 6) is 0. The van der Waals surface area contributed by atoms with Crippen molar-refractivity contribution >= 4 is 28.4 Å². The first-order valence-electron chi connectivity index (χ1n) is 7.41. The van der Waals surface area contributed by atoms with E-state index in [1.165, 1.54) is 16.0 Å². The summed E-state index contributed by atoms with van der Waals surface area (Å²) in [7, 11) is 4.07. The lowest BCUT2D eigenvalue weighted by Crippen LogP contribution is -1.94. The molecule has 1 aliphatic rings. The van der Waals surface area contributed by atoms with Gasteiger partial charge in [-0.3, -0.25) is 4.68 Å². The van der Waals surface area contributed by atoms with Gasteiger partial charge in [0, 0.05) is 42.7 Å². The van der Waals surface area contributed by atoms with Gasteiger partial charge >= 0.3 is 0 Å². The average Bonchev–Trinajstić information content (AvgIpc) is 3.27. The molecule has 3 aromatic rings. The van der Waals surface area contributed by atoms with E-state index in [9.17, 15) is 0 Å². The van der Waals surface area contributed by atoms with Crippen molar-refractivity contribution in [2.24, 2.45) is 14.1 Å². The molecular weight excluding hydrogens is 302 g/mol. The van der Waals surface area contributed by atoms with Crippen LogP contribution in [0.15, 0.2) is 52.9 Å². The first kappa shape index (κ1) is 14.2. The molecule has 1 aliphatic carbocycles. The molecule has 0 spiro atoms. The maximum absolute atomic E-state index is 4.71. The summed E-state index contributed by atoms with van der Waals surface area (Å²) in [6, 6.07) is 8.68. The van der Waals surface area contributed by atoms with Crippen LogP contribution in [0.3, 0.4) is 0 Å². The molecule has 4 rings (SSSR count). The Kier molecular flexibility index (Phi) is 3.32. The third-order valence-corrected chi connectivity index (χ3v) is 4.89. The fraction of sp³-hybridized carbons (Fsp3) is 0.158. The highest BCUT2D eigenvalue weighted by atomic mass is 32.2. The zero-order valence-electron chi connectivity index (χ0n) is 13.3. The number of allylic oxidation sites excluding steroid dienone is 2. The van der Waals surface area contributed by atoms with Gasteiger partial charge in [0.2, 0.25) is 0 Å². The van der Waals surface area contributed by atoms with E-state index in [4.69, 9.17) is 5.10 Å². The van der Waals surface area contributed by atoms with E-state index < -0.39 is 0 Å². The van der Waals surface area contributed by atoms with Crippen LogP contribution in [-0.2, 0) is 14.1 Å². The number of nitrogens with zero attached hydrogens (tertiary/aromatic N) is 3. The maximum atomic E-state index is 4.71. The number of benzene rings is 1. The Morgan fingerprint density at radius 1 is 1.09 bits per heavy atom. The summed E-state index contributed by atoms with van der Waals surface area (Å²) in [6.07, 6.45) is 8.15. The van der Waals surface area contributed by atoms with E-state index in [1.807, 2.05) is 24.2 Å². The Balaban J connectivity index is 1.95. The highest BCUT2D eigenvalue weighted by Crippen LogP contribution is 2.35. The number of fused-ring (bicyclic) bond motifs is 1. The molecule has 2 heterocycles. The fourth-order valence-electron chi connectivity index (χ4n) is 3.06. The lowest BCUT2D eigenvalue weighted by atomic mass is 10.1. The number of aromatic nitrogens is 3. The smallest absolute Gasteiger partial charge is 0.122 e. The second-order valence-electron chi connectivity index (χ2n) is 5.57. The van der Waals surface area contributed by atoms with Crippen LogP contribution in [0, 0.1) is 6.42 Å². The number of hydrogen-bond donors (Lipinski definition) is 0. The molecule has 0 aliphatic heterocycles. The number of hydrogen-bond acceptors (Lipinski definition) is 2. The first-order valence-corrected chi connectivity index (χ1v) is 8.63. The van der Waals surface area contributed by atoms with Gasteiger partial charge in [0.15, 0.2) is 0 Å². The molecule has 1 aromatic carbocycles. The molecule has 113 valence electrons. The molecular formula is C19H16N3S. The van der Waals surface area contributed by atoms with Crippen LogP contribution in [0.25, 0.3) is 27.7 Å². The number of aryl methyl sites for hydroxylation is 2. The van der Waals surface area contributed by atoms with Crippen molar-refractivity contribution in [3.8, 4) is 11.1 Å². The van der Waals surface area contributed by atoms with Crippen molar-refractivity contribution in [2.45, 2.75) is 4.90 Å². The summed E-state index contributed by atoms with van der Waals surface area (Å²) < 4.78 is 4.11.